The monoisotopic (exact) mass is 448 g/mol. The van der Waals surface area contributed by atoms with Gasteiger partial charge >= 0.3 is 6.03 Å². The molecule has 0 saturated carbocycles. The number of likely N-dealkylation sites (tertiary alicyclic amines) is 1. The molecule has 0 aromatic heterocycles. The summed E-state index contributed by atoms with van der Waals surface area (Å²) in [4.78, 5) is 29.5. The van der Waals surface area contributed by atoms with E-state index in [4.69, 9.17) is 5.73 Å². The van der Waals surface area contributed by atoms with E-state index in [1.165, 1.54) is 16.7 Å². The molecule has 2 aliphatic rings. The van der Waals surface area contributed by atoms with Crippen molar-refractivity contribution in [1.29, 1.82) is 0 Å². The van der Waals surface area contributed by atoms with E-state index in [2.05, 4.69) is 11.4 Å². The third kappa shape index (κ3) is 4.39. The van der Waals surface area contributed by atoms with Crippen molar-refractivity contribution in [3.63, 3.8) is 0 Å². The van der Waals surface area contributed by atoms with Crippen LogP contribution in [-0.4, -0.2) is 47.0 Å². The predicted molar refractivity (Wildman–Crippen MR) is 128 cm³/mol. The van der Waals surface area contributed by atoms with Gasteiger partial charge in [0.2, 0.25) is 5.91 Å². The van der Waals surface area contributed by atoms with Crippen LogP contribution in [0.15, 0.2) is 84.2 Å². The Bertz CT molecular complexity index is 999. The van der Waals surface area contributed by atoms with Gasteiger partial charge in [-0.3, -0.25) is 9.69 Å². The van der Waals surface area contributed by atoms with Crippen molar-refractivity contribution >= 4 is 23.7 Å². The molecule has 6 nitrogen and oxygen atoms in total. The van der Waals surface area contributed by atoms with E-state index < -0.39 is 0 Å². The molecule has 32 heavy (non-hydrogen) atoms. The maximum Gasteiger partial charge on any atom is 0.325 e. The van der Waals surface area contributed by atoms with E-state index in [0.717, 1.165) is 23.2 Å². The van der Waals surface area contributed by atoms with Crippen molar-refractivity contribution in [2.45, 2.75) is 17.8 Å². The molecular weight excluding hydrogens is 420 g/mol. The van der Waals surface area contributed by atoms with Crippen molar-refractivity contribution in [3.8, 4) is 0 Å². The molecule has 0 spiro atoms. The first-order chi connectivity index (χ1) is 15.5. The first kappa shape index (κ1) is 22.0. The van der Waals surface area contributed by atoms with Crippen LogP contribution in [0.2, 0.25) is 0 Å². The highest BCUT2D eigenvalue weighted by Gasteiger charge is 2.50. The SMILES string of the molecule is CSC1[C@@H](CC2=CCN(C)C(N)=C2)C(=O)N1C(=O)NC(c1ccccc1)c1ccccc1. The van der Waals surface area contributed by atoms with E-state index in [1.807, 2.05) is 84.9 Å². The molecular formula is C25H28N4O2S. The third-order valence-corrected chi connectivity index (χ3v) is 7.03. The molecule has 0 aliphatic carbocycles. The van der Waals surface area contributed by atoms with Gasteiger partial charge in [-0.1, -0.05) is 66.7 Å². The molecule has 3 N–H and O–H groups in total. The zero-order valence-corrected chi connectivity index (χ0v) is 19.1. The molecule has 2 aromatic rings. The Morgan fingerprint density at radius 3 is 2.25 bits per heavy atom. The van der Waals surface area contributed by atoms with Gasteiger partial charge in [-0.2, -0.15) is 0 Å². The fraction of sp³-hybridized carbons (Fsp3) is 0.280. The van der Waals surface area contributed by atoms with Gasteiger partial charge in [-0.15, -0.1) is 11.8 Å². The lowest BCUT2D eigenvalue weighted by Crippen LogP contribution is -2.64. The number of hydrogen-bond donors (Lipinski definition) is 2. The van der Waals surface area contributed by atoms with E-state index in [0.29, 0.717) is 12.2 Å². The molecule has 2 aromatic carbocycles. The van der Waals surface area contributed by atoms with E-state index in [1.54, 1.807) is 0 Å². The van der Waals surface area contributed by atoms with Crippen molar-refractivity contribution < 1.29 is 9.59 Å². The number of nitrogens with zero attached hydrogens (tertiary/aromatic N) is 2. The number of imide groups is 1. The molecule has 2 heterocycles. The summed E-state index contributed by atoms with van der Waals surface area (Å²) in [6, 6.07) is 18.9. The number of benzene rings is 2. The Labute approximate surface area is 193 Å². The second kappa shape index (κ2) is 9.53. The smallest absolute Gasteiger partial charge is 0.325 e. The summed E-state index contributed by atoms with van der Waals surface area (Å²) in [5, 5.41) is 2.88. The predicted octanol–water partition coefficient (Wildman–Crippen LogP) is 3.70. The highest BCUT2D eigenvalue weighted by molar-refractivity contribution is 7.99. The molecule has 0 radical (unpaired) electrons. The second-order valence-electron chi connectivity index (χ2n) is 8.08. The van der Waals surface area contributed by atoms with Gasteiger partial charge in [0.15, 0.2) is 0 Å². The van der Waals surface area contributed by atoms with Crippen LogP contribution < -0.4 is 11.1 Å². The molecule has 2 atom stereocenters. The molecule has 1 saturated heterocycles. The van der Waals surface area contributed by atoms with Crippen LogP contribution in [0, 0.1) is 5.92 Å². The molecule has 2 aliphatic heterocycles. The number of carbonyl (C=O) groups is 2. The number of likely N-dealkylation sites (N-methyl/N-ethyl adjacent to an activating group) is 1. The van der Waals surface area contributed by atoms with Crippen molar-refractivity contribution in [2.75, 3.05) is 19.8 Å². The largest absolute Gasteiger partial charge is 0.385 e. The molecule has 0 bridgehead atoms. The molecule has 7 heteroatoms. The summed E-state index contributed by atoms with van der Waals surface area (Å²) >= 11 is 1.52. The Morgan fingerprint density at radius 2 is 1.72 bits per heavy atom. The van der Waals surface area contributed by atoms with Crippen LogP contribution in [0.1, 0.15) is 23.6 Å². The van der Waals surface area contributed by atoms with E-state index in [9.17, 15) is 9.59 Å². The summed E-state index contributed by atoms with van der Waals surface area (Å²) in [6.45, 7) is 0.725. The van der Waals surface area contributed by atoms with Crippen molar-refractivity contribution in [3.05, 3.63) is 95.3 Å². The summed E-state index contributed by atoms with van der Waals surface area (Å²) in [5.74, 6) is 0.313. The maximum atomic E-state index is 13.2. The molecule has 166 valence electrons. The lowest BCUT2D eigenvalue weighted by Gasteiger charge is -2.45. The number of hydrogen-bond acceptors (Lipinski definition) is 5. The molecule has 1 fully saturated rings. The van der Waals surface area contributed by atoms with Crippen LogP contribution in [0.5, 0.6) is 0 Å². The van der Waals surface area contributed by atoms with Crippen molar-refractivity contribution in [2.24, 2.45) is 11.7 Å². The fourth-order valence-electron chi connectivity index (χ4n) is 4.16. The number of β-lactam (4-membered cyclic amide) rings is 1. The number of urea groups is 1. The Hall–Kier alpha value is -3.19. The zero-order chi connectivity index (χ0) is 22.7. The fourth-order valence-corrected chi connectivity index (χ4v) is 5.11. The minimum absolute atomic E-state index is 0.145. The highest BCUT2D eigenvalue weighted by atomic mass is 32.2. The summed E-state index contributed by atoms with van der Waals surface area (Å²) in [7, 11) is 1.93. The number of amides is 3. The molecule has 4 rings (SSSR count). The van der Waals surface area contributed by atoms with Crippen LogP contribution in [-0.2, 0) is 4.79 Å². The maximum absolute atomic E-state index is 13.2. The average Bonchev–Trinajstić information content (AvgIpc) is 2.82. The lowest BCUT2D eigenvalue weighted by molar-refractivity contribution is -0.144. The first-order valence-electron chi connectivity index (χ1n) is 10.6. The number of nitrogens with one attached hydrogen (secondary N) is 1. The number of thioether (sulfide) groups is 1. The Morgan fingerprint density at radius 1 is 1.12 bits per heavy atom. The second-order valence-corrected chi connectivity index (χ2v) is 9.03. The van der Waals surface area contributed by atoms with Gasteiger partial charge in [-0.05, 0) is 35.5 Å². The van der Waals surface area contributed by atoms with E-state index >= 15 is 0 Å². The zero-order valence-electron chi connectivity index (χ0n) is 18.3. The summed E-state index contributed by atoms with van der Waals surface area (Å²) < 4.78 is 0. The summed E-state index contributed by atoms with van der Waals surface area (Å²) in [5.41, 5.74) is 9.01. The standard InChI is InChI=1S/C25H28N4O2S/c1-28-14-13-17(16-21(28)26)15-20-23(30)29(24(20)32-2)25(31)27-22(18-9-5-3-6-10-18)19-11-7-4-8-12-19/h3-13,16,20,22,24H,14-15,26H2,1-2H3,(H,27,31)/t20-,24?/m0/s1. The average molecular weight is 449 g/mol. The number of allylic oxidation sites excluding steroid dienone is 2. The Kier molecular flexibility index (Phi) is 6.55. The van der Waals surface area contributed by atoms with Gasteiger partial charge in [0.05, 0.1) is 23.2 Å². The topological polar surface area (TPSA) is 78.7 Å². The number of rotatable bonds is 6. The Balaban J connectivity index is 1.49. The van der Waals surface area contributed by atoms with Gasteiger partial charge in [0.25, 0.3) is 0 Å². The third-order valence-electron chi connectivity index (χ3n) is 6.00. The van der Waals surface area contributed by atoms with Crippen molar-refractivity contribution in [1.82, 2.24) is 15.1 Å². The number of carbonyl (C=O) groups excluding carboxylic acids is 2. The van der Waals surface area contributed by atoms with Crippen LogP contribution in [0.3, 0.4) is 0 Å². The first-order valence-corrected chi connectivity index (χ1v) is 11.9. The van der Waals surface area contributed by atoms with Gasteiger partial charge in [-0.25, -0.2) is 4.79 Å². The lowest BCUT2D eigenvalue weighted by atomic mass is 9.89. The minimum atomic E-state index is -0.365. The number of nitrogens with two attached hydrogens (primary N) is 1. The van der Waals surface area contributed by atoms with E-state index in [-0.39, 0.29) is 29.3 Å². The molecule has 1 unspecified atom stereocenters. The minimum Gasteiger partial charge on any atom is -0.385 e. The van der Waals surface area contributed by atoms with Gasteiger partial charge in [0.1, 0.15) is 0 Å². The summed E-state index contributed by atoms with van der Waals surface area (Å²) in [6.07, 6.45) is 6.52. The van der Waals surface area contributed by atoms with Gasteiger partial charge < -0.3 is 16.0 Å². The quantitative estimate of drug-likeness (QED) is 0.659. The van der Waals surface area contributed by atoms with Crippen LogP contribution in [0.4, 0.5) is 4.79 Å². The van der Waals surface area contributed by atoms with Crippen LogP contribution in [0.25, 0.3) is 0 Å². The van der Waals surface area contributed by atoms with Crippen LogP contribution >= 0.6 is 11.8 Å². The van der Waals surface area contributed by atoms with Gasteiger partial charge in [0, 0.05) is 13.6 Å². The molecule has 3 amide bonds. The normalized spacial score (nSPS) is 20.5. The highest BCUT2D eigenvalue weighted by Crippen LogP contribution is 2.39.